The van der Waals surface area contributed by atoms with E-state index in [-0.39, 0.29) is 5.41 Å². The summed E-state index contributed by atoms with van der Waals surface area (Å²) in [5, 5.41) is 0. The lowest BCUT2D eigenvalue weighted by atomic mass is 9.65. The molecule has 2 aromatic heterocycles. The monoisotopic (exact) mass is 864 g/mol. The van der Waals surface area contributed by atoms with Gasteiger partial charge in [-0.2, -0.15) is 0 Å². The first-order valence-corrected chi connectivity index (χ1v) is 23.4. The van der Waals surface area contributed by atoms with Gasteiger partial charge in [0.05, 0.1) is 22.8 Å². The normalized spacial score (nSPS) is 13.7. The number of benzene rings is 7. The molecule has 7 aromatic carbocycles. The molecule has 0 N–H and O–H groups in total. The lowest BCUT2D eigenvalue weighted by molar-refractivity contribution is 0.346. The second-order valence-electron chi connectivity index (χ2n) is 17.3. The van der Waals surface area contributed by atoms with Crippen LogP contribution in [0.4, 0.5) is 0 Å². The van der Waals surface area contributed by atoms with Gasteiger partial charge in [0.25, 0.3) is 0 Å². The maximum atomic E-state index is 5.24. The fourth-order valence-corrected chi connectivity index (χ4v) is 9.62. The van der Waals surface area contributed by atoms with Gasteiger partial charge in [-0.15, -0.1) is 0 Å². The molecular weight excluding hydrogens is 813 g/mol. The third-order valence-electron chi connectivity index (χ3n) is 13.2. The molecular formula is C63H52N4. The molecule has 0 unspecified atom stereocenters. The van der Waals surface area contributed by atoms with E-state index in [1.165, 1.54) is 36.0 Å². The fraction of sp³-hybridized carbons (Fsp3) is 0.111. The molecule has 0 bridgehead atoms. The predicted molar refractivity (Wildman–Crippen MR) is 279 cm³/mol. The van der Waals surface area contributed by atoms with Crippen molar-refractivity contribution in [1.82, 2.24) is 19.9 Å². The molecule has 1 saturated carbocycles. The van der Waals surface area contributed by atoms with Crippen molar-refractivity contribution in [3.05, 3.63) is 248 Å². The van der Waals surface area contributed by atoms with E-state index in [2.05, 4.69) is 214 Å². The summed E-state index contributed by atoms with van der Waals surface area (Å²) >= 11 is 0. The molecule has 1 aliphatic carbocycles. The molecule has 4 heteroatoms. The van der Waals surface area contributed by atoms with Gasteiger partial charge in [0.1, 0.15) is 0 Å². The maximum Gasteiger partial charge on any atom is 0.160 e. The minimum Gasteiger partial charge on any atom is -0.228 e. The smallest absolute Gasteiger partial charge is 0.160 e. The molecule has 10 rings (SSSR count). The molecule has 67 heavy (non-hydrogen) atoms. The van der Waals surface area contributed by atoms with Gasteiger partial charge in [-0.25, -0.2) is 19.9 Å². The van der Waals surface area contributed by atoms with E-state index in [1.807, 2.05) is 18.2 Å². The second-order valence-corrected chi connectivity index (χ2v) is 17.3. The highest BCUT2D eigenvalue weighted by Gasteiger charge is 2.36. The summed E-state index contributed by atoms with van der Waals surface area (Å²) in [4.78, 5) is 20.8. The topological polar surface area (TPSA) is 51.6 Å². The average molecular weight is 865 g/mol. The van der Waals surface area contributed by atoms with Crippen molar-refractivity contribution in [1.29, 1.82) is 0 Å². The highest BCUT2D eigenvalue weighted by Crippen LogP contribution is 2.46. The molecule has 324 valence electrons. The number of hydrogen-bond donors (Lipinski definition) is 0. The van der Waals surface area contributed by atoms with Crippen molar-refractivity contribution in [3.8, 4) is 78.9 Å². The van der Waals surface area contributed by atoms with Crippen LogP contribution in [0.2, 0.25) is 0 Å². The van der Waals surface area contributed by atoms with Crippen molar-refractivity contribution >= 4 is 5.57 Å². The molecule has 9 aromatic rings. The molecule has 1 fully saturated rings. The van der Waals surface area contributed by atoms with Crippen LogP contribution in [0, 0.1) is 0 Å². The Morgan fingerprint density at radius 1 is 0.418 bits per heavy atom. The lowest BCUT2D eigenvalue weighted by Crippen LogP contribution is -2.30. The van der Waals surface area contributed by atoms with Crippen LogP contribution in [0.25, 0.3) is 84.5 Å². The van der Waals surface area contributed by atoms with Gasteiger partial charge in [0, 0.05) is 38.8 Å². The zero-order valence-electron chi connectivity index (χ0n) is 37.9. The second kappa shape index (κ2) is 19.6. The Hall–Kier alpha value is -8.08. The van der Waals surface area contributed by atoms with Crippen LogP contribution in [-0.2, 0) is 5.41 Å². The molecule has 1 aliphatic rings. The van der Waals surface area contributed by atoms with Crippen LogP contribution < -0.4 is 0 Å². The van der Waals surface area contributed by atoms with Crippen molar-refractivity contribution in [2.75, 3.05) is 0 Å². The predicted octanol–water partition coefficient (Wildman–Crippen LogP) is 16.3. The van der Waals surface area contributed by atoms with Gasteiger partial charge in [-0.1, -0.05) is 226 Å². The Morgan fingerprint density at radius 3 is 1.34 bits per heavy atom. The minimum absolute atomic E-state index is 0.117. The van der Waals surface area contributed by atoms with E-state index in [0.717, 1.165) is 85.7 Å². The van der Waals surface area contributed by atoms with E-state index < -0.39 is 0 Å². The molecule has 0 atom stereocenters. The summed E-state index contributed by atoms with van der Waals surface area (Å²) in [6.45, 7) is 5.92. The van der Waals surface area contributed by atoms with Gasteiger partial charge in [-0.05, 0) is 77.4 Å². The Bertz CT molecular complexity index is 3200. The first-order chi connectivity index (χ1) is 33.1. The highest BCUT2D eigenvalue weighted by atomic mass is 14.9. The number of hydrogen-bond acceptors (Lipinski definition) is 4. The third-order valence-corrected chi connectivity index (χ3v) is 13.2. The van der Waals surface area contributed by atoms with Gasteiger partial charge in [0.2, 0.25) is 0 Å². The Balaban J connectivity index is 0.996. The number of nitrogens with zero attached hydrogens (tertiary/aromatic N) is 4. The summed E-state index contributed by atoms with van der Waals surface area (Å²) in [6.07, 6.45) is 13.8. The van der Waals surface area contributed by atoms with Crippen LogP contribution >= 0.6 is 0 Å². The molecule has 0 spiro atoms. The summed E-state index contributed by atoms with van der Waals surface area (Å²) in [5.41, 5.74) is 16.9. The molecule has 0 aliphatic heterocycles. The Kier molecular flexibility index (Phi) is 12.5. The lowest BCUT2D eigenvalue weighted by Gasteiger charge is -2.39. The maximum absolute atomic E-state index is 5.24. The first kappa shape index (κ1) is 42.8. The van der Waals surface area contributed by atoms with E-state index in [4.69, 9.17) is 19.9 Å². The van der Waals surface area contributed by atoms with Crippen LogP contribution in [0.1, 0.15) is 55.7 Å². The van der Waals surface area contributed by atoms with Gasteiger partial charge >= 0.3 is 0 Å². The van der Waals surface area contributed by atoms with E-state index >= 15 is 0 Å². The minimum atomic E-state index is -0.117. The largest absolute Gasteiger partial charge is 0.228 e. The Labute approximate surface area is 394 Å². The molecule has 0 radical (unpaired) electrons. The number of aromatic nitrogens is 4. The van der Waals surface area contributed by atoms with Crippen molar-refractivity contribution < 1.29 is 0 Å². The zero-order valence-corrected chi connectivity index (χ0v) is 37.9. The zero-order chi connectivity index (χ0) is 45.4. The fourth-order valence-electron chi connectivity index (χ4n) is 9.62. The number of allylic oxidation sites excluding steroid dienone is 5. The molecule has 0 saturated heterocycles. The highest BCUT2D eigenvalue weighted by molar-refractivity contribution is 5.80. The molecule has 4 nitrogen and oxygen atoms in total. The molecule has 2 heterocycles. The van der Waals surface area contributed by atoms with Crippen molar-refractivity contribution in [2.24, 2.45) is 0 Å². The van der Waals surface area contributed by atoms with Crippen LogP contribution in [0.15, 0.2) is 231 Å². The van der Waals surface area contributed by atoms with E-state index in [0.29, 0.717) is 11.6 Å². The van der Waals surface area contributed by atoms with E-state index in [1.54, 1.807) is 6.08 Å². The average Bonchev–Trinajstić information content (AvgIpc) is 3.42. The van der Waals surface area contributed by atoms with Gasteiger partial charge < -0.3 is 0 Å². The Morgan fingerprint density at radius 2 is 0.851 bits per heavy atom. The summed E-state index contributed by atoms with van der Waals surface area (Å²) in [6, 6.07) is 70.9. The van der Waals surface area contributed by atoms with Gasteiger partial charge in [0.15, 0.2) is 11.6 Å². The third kappa shape index (κ3) is 9.25. The van der Waals surface area contributed by atoms with Crippen LogP contribution in [-0.4, -0.2) is 19.9 Å². The van der Waals surface area contributed by atoms with Gasteiger partial charge in [-0.3, -0.25) is 0 Å². The standard InChI is InChI=1S/C63H52N4/c1-3-5-20-45(4-2)51-27-18-29-53(41-51)59-43-57(47-23-12-7-13-24-47)64-61(66-59)49-31-35-55(36-32-49)63(39-16-9-17-40-63)56-37-33-50(34-38-56)62-65-58(48-25-14-8-15-26-48)44-60(67-62)54-30-19-28-52(42-54)46-21-10-6-11-22-46/h3-8,10-15,18-38,41-44H,1,9,16-17,39-40H2,2H3/b20-5-,45-4+. The quantitative estimate of drug-likeness (QED) is 0.115. The summed E-state index contributed by atoms with van der Waals surface area (Å²) < 4.78 is 0. The first-order valence-electron chi connectivity index (χ1n) is 23.4. The molecule has 0 amide bonds. The van der Waals surface area contributed by atoms with Crippen molar-refractivity contribution in [3.63, 3.8) is 0 Å². The SMILES string of the molecule is C=C/C=C\C(=C/C)c1cccc(-c2cc(-c3ccccc3)nc(-c3ccc(C4(c5ccc(-c6nc(-c7ccccc7)cc(-c7cccc(-c8ccccc8)c7)n6)cc5)CCCCC4)cc3)n2)c1. The van der Waals surface area contributed by atoms with E-state index in [9.17, 15) is 0 Å². The van der Waals surface area contributed by atoms with Crippen molar-refractivity contribution in [2.45, 2.75) is 44.4 Å². The van der Waals surface area contributed by atoms with Crippen LogP contribution in [0.3, 0.4) is 0 Å². The number of rotatable bonds is 12. The van der Waals surface area contributed by atoms with Crippen LogP contribution in [0.5, 0.6) is 0 Å². The summed E-state index contributed by atoms with van der Waals surface area (Å²) in [5.74, 6) is 1.42. The summed E-state index contributed by atoms with van der Waals surface area (Å²) in [7, 11) is 0.